The van der Waals surface area contributed by atoms with E-state index in [4.69, 9.17) is 14.8 Å². The van der Waals surface area contributed by atoms with Crippen LogP contribution in [-0.2, 0) is 0 Å². The number of pyridine rings is 1. The van der Waals surface area contributed by atoms with Gasteiger partial charge in [-0.3, -0.25) is 0 Å². The van der Waals surface area contributed by atoms with Gasteiger partial charge in [0.2, 0.25) is 0 Å². The van der Waals surface area contributed by atoms with Crippen molar-refractivity contribution in [3.05, 3.63) is 57.7 Å². The Balaban J connectivity index is 2.37. The van der Waals surface area contributed by atoms with Gasteiger partial charge in [0.1, 0.15) is 5.75 Å². The highest BCUT2D eigenvalue weighted by Crippen LogP contribution is 2.37. The second kappa shape index (κ2) is 5.92. The normalized spacial score (nSPS) is 10.6. The molecule has 0 aliphatic rings. The molecule has 0 spiro atoms. The van der Waals surface area contributed by atoms with Gasteiger partial charge < -0.3 is 9.84 Å². The van der Waals surface area contributed by atoms with Gasteiger partial charge in [-0.15, -0.1) is 0 Å². The number of carboxylic acid groups (broad SMARTS) is 1. The third-order valence-electron chi connectivity index (χ3n) is 3.38. The summed E-state index contributed by atoms with van der Waals surface area (Å²) in [7, 11) is 0. The molecule has 1 aromatic heterocycles. The van der Waals surface area contributed by atoms with E-state index in [1.807, 2.05) is 55.5 Å². The van der Waals surface area contributed by atoms with Crippen LogP contribution in [0.2, 0.25) is 0 Å². The molecule has 3 rings (SSSR count). The van der Waals surface area contributed by atoms with E-state index in [1.165, 1.54) is 0 Å². The topological polar surface area (TPSA) is 59.4 Å². The van der Waals surface area contributed by atoms with Crippen molar-refractivity contribution in [3.8, 4) is 17.0 Å². The van der Waals surface area contributed by atoms with Crippen molar-refractivity contribution in [1.29, 1.82) is 0 Å². The third-order valence-corrected chi connectivity index (χ3v) is 4.28. The zero-order valence-corrected chi connectivity index (χ0v) is 13.9. The molecule has 110 valence electrons. The van der Waals surface area contributed by atoms with Crippen molar-refractivity contribution in [2.24, 2.45) is 0 Å². The first-order chi connectivity index (χ1) is 10.6. The number of rotatable bonds is 2. The number of hydrogen-bond donors (Lipinski definition) is 1. The average molecular weight is 405 g/mol. The Labute approximate surface area is 140 Å². The van der Waals surface area contributed by atoms with Crippen molar-refractivity contribution < 1.29 is 14.6 Å². The van der Waals surface area contributed by atoms with Gasteiger partial charge in [-0.05, 0) is 41.6 Å². The molecule has 0 fully saturated rings. The van der Waals surface area contributed by atoms with Crippen LogP contribution in [0.15, 0.2) is 48.5 Å². The first kappa shape index (κ1) is 14.8. The lowest BCUT2D eigenvalue weighted by molar-refractivity contribution is 0.144. The fourth-order valence-electron chi connectivity index (χ4n) is 2.42. The maximum absolute atomic E-state index is 11.1. The Hall–Kier alpha value is -2.15. The second-order valence-electron chi connectivity index (χ2n) is 4.78. The maximum atomic E-state index is 11.1. The number of aromatic nitrogens is 1. The number of hydrogen-bond acceptors (Lipinski definition) is 3. The summed E-state index contributed by atoms with van der Waals surface area (Å²) < 4.78 is 5.98. The van der Waals surface area contributed by atoms with Crippen LogP contribution in [0.25, 0.3) is 22.2 Å². The molecule has 0 aliphatic carbocycles. The first-order valence-corrected chi connectivity index (χ1v) is 7.71. The smallest absolute Gasteiger partial charge is 0.449 e. The molecular formula is C17H12INO3. The molecule has 0 unspecified atom stereocenters. The molecule has 3 aromatic rings. The zero-order chi connectivity index (χ0) is 15.7. The van der Waals surface area contributed by atoms with Gasteiger partial charge in [0.15, 0.2) is 0 Å². The molecule has 1 N–H and O–H groups in total. The molecule has 0 bridgehead atoms. The zero-order valence-electron chi connectivity index (χ0n) is 11.7. The SMILES string of the molecule is Cc1c(-c2ccccc2)nc2cccc(I)c2c1OC(=O)O. The van der Waals surface area contributed by atoms with Gasteiger partial charge in [0, 0.05) is 14.7 Å². The van der Waals surface area contributed by atoms with Crippen LogP contribution in [0.5, 0.6) is 5.75 Å². The third kappa shape index (κ3) is 2.64. The Bertz CT molecular complexity index is 863. The Morgan fingerprint density at radius 3 is 2.55 bits per heavy atom. The number of nitrogens with zero attached hydrogens (tertiary/aromatic N) is 1. The summed E-state index contributed by atoms with van der Waals surface area (Å²) in [6, 6.07) is 15.3. The Kier molecular flexibility index (Phi) is 3.98. The maximum Gasteiger partial charge on any atom is 0.511 e. The molecule has 0 aliphatic heterocycles. The molecule has 4 nitrogen and oxygen atoms in total. The van der Waals surface area contributed by atoms with Gasteiger partial charge in [-0.25, -0.2) is 9.78 Å². The standard InChI is InChI=1S/C17H12INO3/c1-10-15(11-6-3-2-4-7-11)19-13-9-5-8-12(18)14(13)16(10)22-17(20)21/h2-9H,1H3,(H,20,21). The number of fused-ring (bicyclic) bond motifs is 1. The molecule has 2 aromatic carbocycles. The summed E-state index contributed by atoms with van der Waals surface area (Å²) >= 11 is 2.16. The highest BCUT2D eigenvalue weighted by molar-refractivity contribution is 14.1. The summed E-state index contributed by atoms with van der Waals surface area (Å²) in [6.07, 6.45) is -1.32. The van der Waals surface area contributed by atoms with Gasteiger partial charge in [0.25, 0.3) is 0 Å². The molecule has 5 heteroatoms. The Morgan fingerprint density at radius 2 is 1.86 bits per heavy atom. The van der Waals surface area contributed by atoms with Crippen LogP contribution < -0.4 is 4.74 Å². The highest BCUT2D eigenvalue weighted by Gasteiger charge is 2.18. The van der Waals surface area contributed by atoms with Crippen molar-refractivity contribution >= 4 is 39.6 Å². The van der Waals surface area contributed by atoms with Crippen LogP contribution >= 0.6 is 22.6 Å². The molecule has 22 heavy (non-hydrogen) atoms. The van der Waals surface area contributed by atoms with E-state index >= 15 is 0 Å². The van der Waals surface area contributed by atoms with Gasteiger partial charge in [0.05, 0.1) is 16.6 Å². The molecule has 0 saturated heterocycles. The minimum Gasteiger partial charge on any atom is -0.449 e. The lowest BCUT2D eigenvalue weighted by atomic mass is 10.0. The first-order valence-electron chi connectivity index (χ1n) is 6.63. The summed E-state index contributed by atoms with van der Waals surface area (Å²) in [4.78, 5) is 15.8. The lowest BCUT2D eigenvalue weighted by Gasteiger charge is -2.14. The second-order valence-corrected chi connectivity index (χ2v) is 5.94. The predicted molar refractivity (Wildman–Crippen MR) is 93.3 cm³/mol. The number of halogens is 1. The van der Waals surface area contributed by atoms with Crippen LogP contribution in [0.4, 0.5) is 4.79 Å². The molecule has 1 heterocycles. The minimum absolute atomic E-state index is 0.348. The number of carbonyl (C=O) groups is 1. The van der Waals surface area contributed by atoms with E-state index in [-0.39, 0.29) is 0 Å². The molecule has 0 radical (unpaired) electrons. The van der Waals surface area contributed by atoms with E-state index in [9.17, 15) is 4.79 Å². The molecular weight excluding hydrogens is 393 g/mol. The fourth-order valence-corrected chi connectivity index (χ4v) is 3.15. The van der Waals surface area contributed by atoms with E-state index in [1.54, 1.807) is 0 Å². The molecule has 0 saturated carbocycles. The van der Waals surface area contributed by atoms with E-state index in [0.29, 0.717) is 16.8 Å². The number of ether oxygens (including phenoxy) is 1. The van der Waals surface area contributed by atoms with Crippen molar-refractivity contribution in [2.75, 3.05) is 0 Å². The largest absolute Gasteiger partial charge is 0.511 e. The van der Waals surface area contributed by atoms with Crippen LogP contribution in [0, 0.1) is 10.5 Å². The number of benzene rings is 2. The quantitative estimate of drug-likeness (QED) is 0.488. The Morgan fingerprint density at radius 1 is 1.14 bits per heavy atom. The van der Waals surface area contributed by atoms with Crippen LogP contribution in [-0.4, -0.2) is 16.2 Å². The van der Waals surface area contributed by atoms with Crippen LogP contribution in [0.3, 0.4) is 0 Å². The highest BCUT2D eigenvalue weighted by atomic mass is 127. The summed E-state index contributed by atoms with van der Waals surface area (Å²) in [5, 5.41) is 9.78. The lowest BCUT2D eigenvalue weighted by Crippen LogP contribution is -2.07. The fraction of sp³-hybridized carbons (Fsp3) is 0.0588. The van der Waals surface area contributed by atoms with Gasteiger partial charge in [-0.2, -0.15) is 0 Å². The minimum atomic E-state index is -1.32. The van der Waals surface area contributed by atoms with Crippen LogP contribution in [0.1, 0.15) is 5.56 Å². The summed E-state index contributed by atoms with van der Waals surface area (Å²) in [5.41, 5.74) is 3.08. The van der Waals surface area contributed by atoms with Gasteiger partial charge in [-0.1, -0.05) is 36.4 Å². The summed E-state index contributed by atoms with van der Waals surface area (Å²) in [6.45, 7) is 1.83. The molecule has 0 atom stereocenters. The van der Waals surface area contributed by atoms with Crippen molar-refractivity contribution in [2.45, 2.75) is 6.92 Å². The van der Waals surface area contributed by atoms with E-state index in [2.05, 4.69) is 22.6 Å². The predicted octanol–water partition coefficient (Wildman–Crippen LogP) is 4.87. The summed E-state index contributed by atoms with van der Waals surface area (Å²) in [5.74, 6) is 0.348. The van der Waals surface area contributed by atoms with Crippen molar-refractivity contribution in [3.63, 3.8) is 0 Å². The monoisotopic (exact) mass is 405 g/mol. The van der Waals surface area contributed by atoms with E-state index in [0.717, 1.165) is 20.2 Å². The van der Waals surface area contributed by atoms with E-state index < -0.39 is 6.16 Å². The van der Waals surface area contributed by atoms with Crippen molar-refractivity contribution in [1.82, 2.24) is 4.98 Å². The molecule has 0 amide bonds. The van der Waals surface area contributed by atoms with Gasteiger partial charge >= 0.3 is 6.16 Å². The average Bonchev–Trinajstić information content (AvgIpc) is 2.50.